The second-order valence-electron chi connectivity index (χ2n) is 9.89. The summed E-state index contributed by atoms with van der Waals surface area (Å²) >= 11 is 0. The lowest BCUT2D eigenvalue weighted by Crippen LogP contribution is -2.50. The van der Waals surface area contributed by atoms with Crippen LogP contribution in [0.5, 0.6) is 0 Å². The van der Waals surface area contributed by atoms with E-state index in [1.165, 1.54) is 0 Å². The molecule has 1 aliphatic carbocycles. The first-order chi connectivity index (χ1) is 16.3. The van der Waals surface area contributed by atoms with E-state index in [2.05, 4.69) is 0 Å². The summed E-state index contributed by atoms with van der Waals surface area (Å²) < 4.78 is 11.4. The molecule has 0 aliphatic heterocycles. The number of hydrogen-bond acceptors (Lipinski definition) is 4. The third kappa shape index (κ3) is 7.51. The summed E-state index contributed by atoms with van der Waals surface area (Å²) in [6.07, 6.45) is 2.82. The normalized spacial score (nSPS) is 18.1. The van der Waals surface area contributed by atoms with Crippen molar-refractivity contribution >= 4 is 12.2 Å². The van der Waals surface area contributed by atoms with Crippen molar-refractivity contribution in [2.45, 2.75) is 84.2 Å². The maximum Gasteiger partial charge on any atom is 0.410 e. The van der Waals surface area contributed by atoms with Crippen LogP contribution in [-0.4, -0.2) is 46.2 Å². The highest BCUT2D eigenvalue weighted by Gasteiger charge is 2.35. The molecule has 2 aromatic rings. The summed E-state index contributed by atoms with van der Waals surface area (Å²) in [5.74, 6) is 0. The minimum Gasteiger partial charge on any atom is -0.445 e. The molecule has 0 aromatic heterocycles. The number of rotatable bonds is 7. The predicted molar refractivity (Wildman–Crippen MR) is 133 cm³/mol. The molecule has 0 radical (unpaired) electrons. The third-order valence-corrected chi connectivity index (χ3v) is 6.10. The highest BCUT2D eigenvalue weighted by atomic mass is 16.6. The van der Waals surface area contributed by atoms with Crippen molar-refractivity contribution in [2.24, 2.45) is 0 Å². The SMILES string of the molecule is CCN(C(=O)OCc1ccccc1)[C@H]1CCC[C@@H](N(Cc2ccccc2)C(=O)OC(C)(C)C)C1. The van der Waals surface area contributed by atoms with Gasteiger partial charge in [-0.05, 0) is 64.5 Å². The topological polar surface area (TPSA) is 59.1 Å². The number of carbonyl (C=O) groups is 2. The van der Waals surface area contributed by atoms with E-state index < -0.39 is 5.60 Å². The number of hydrogen-bond donors (Lipinski definition) is 0. The molecule has 0 heterocycles. The van der Waals surface area contributed by atoms with Gasteiger partial charge in [-0.3, -0.25) is 0 Å². The first kappa shape index (κ1) is 25.6. The molecule has 2 aromatic carbocycles. The summed E-state index contributed by atoms with van der Waals surface area (Å²) in [5, 5.41) is 0. The Morgan fingerprint density at radius 2 is 1.41 bits per heavy atom. The Hall–Kier alpha value is -3.02. The molecule has 1 saturated carbocycles. The van der Waals surface area contributed by atoms with Crippen molar-refractivity contribution in [1.82, 2.24) is 9.80 Å². The van der Waals surface area contributed by atoms with Gasteiger partial charge in [0.1, 0.15) is 12.2 Å². The minimum atomic E-state index is -0.573. The van der Waals surface area contributed by atoms with Crippen molar-refractivity contribution in [3.8, 4) is 0 Å². The lowest BCUT2D eigenvalue weighted by atomic mass is 9.89. The maximum absolute atomic E-state index is 13.2. The largest absolute Gasteiger partial charge is 0.445 e. The van der Waals surface area contributed by atoms with Gasteiger partial charge in [0.15, 0.2) is 0 Å². The van der Waals surface area contributed by atoms with Crippen LogP contribution in [0.4, 0.5) is 9.59 Å². The highest BCUT2D eigenvalue weighted by Crippen LogP contribution is 2.29. The summed E-state index contributed by atoms with van der Waals surface area (Å²) in [7, 11) is 0. The molecule has 3 rings (SSSR count). The Bertz CT molecular complexity index is 911. The van der Waals surface area contributed by atoms with Crippen molar-refractivity contribution < 1.29 is 19.1 Å². The monoisotopic (exact) mass is 466 g/mol. The van der Waals surface area contributed by atoms with E-state index >= 15 is 0 Å². The lowest BCUT2D eigenvalue weighted by Gasteiger charge is -2.41. The van der Waals surface area contributed by atoms with Gasteiger partial charge in [-0.25, -0.2) is 9.59 Å². The van der Waals surface area contributed by atoms with Crippen molar-refractivity contribution in [2.75, 3.05) is 6.54 Å². The van der Waals surface area contributed by atoms with Gasteiger partial charge in [0.25, 0.3) is 0 Å². The number of benzene rings is 2. The fraction of sp³-hybridized carbons (Fsp3) is 0.500. The Kier molecular flexibility index (Phi) is 8.97. The molecule has 2 atom stereocenters. The van der Waals surface area contributed by atoms with Crippen molar-refractivity contribution in [3.05, 3.63) is 71.8 Å². The van der Waals surface area contributed by atoms with E-state index in [9.17, 15) is 9.59 Å². The van der Waals surface area contributed by atoms with E-state index in [-0.39, 0.29) is 30.9 Å². The summed E-state index contributed by atoms with van der Waals surface area (Å²) in [6, 6.07) is 19.7. The van der Waals surface area contributed by atoms with Gasteiger partial charge >= 0.3 is 12.2 Å². The number of carbonyl (C=O) groups excluding carboxylic acids is 2. The second kappa shape index (κ2) is 11.9. The standard InChI is InChI=1S/C28H38N2O4/c1-5-29(26(31)33-21-23-15-10-7-11-16-23)24-17-12-18-25(19-24)30(27(32)34-28(2,3)4)20-22-13-8-6-9-14-22/h6-11,13-16,24-25H,5,12,17-21H2,1-4H3/t24-,25+/m0/s1. The Balaban J connectivity index is 1.70. The van der Waals surface area contributed by atoms with Crippen LogP contribution in [0.25, 0.3) is 0 Å². The number of ether oxygens (including phenoxy) is 2. The van der Waals surface area contributed by atoms with Gasteiger partial charge in [0.05, 0.1) is 0 Å². The predicted octanol–water partition coefficient (Wildman–Crippen LogP) is 6.39. The molecule has 0 unspecified atom stereocenters. The number of nitrogens with zero attached hydrogens (tertiary/aromatic N) is 2. The van der Waals surface area contributed by atoms with Crippen LogP contribution in [0.2, 0.25) is 0 Å². The van der Waals surface area contributed by atoms with Gasteiger partial charge in [0.2, 0.25) is 0 Å². The molecular weight excluding hydrogens is 428 g/mol. The molecular formula is C28H38N2O4. The van der Waals surface area contributed by atoms with Crippen LogP contribution >= 0.6 is 0 Å². The molecule has 1 fully saturated rings. The lowest BCUT2D eigenvalue weighted by molar-refractivity contribution is 0.00333. The Morgan fingerprint density at radius 1 is 0.853 bits per heavy atom. The molecule has 184 valence electrons. The van der Waals surface area contributed by atoms with E-state index in [1.807, 2.05) is 98.2 Å². The van der Waals surface area contributed by atoms with Crippen molar-refractivity contribution in [3.63, 3.8) is 0 Å². The summed E-state index contributed by atoms with van der Waals surface area (Å²) in [5.41, 5.74) is 1.45. The Morgan fingerprint density at radius 3 is 1.97 bits per heavy atom. The van der Waals surface area contributed by atoms with E-state index in [0.717, 1.165) is 30.4 Å². The molecule has 34 heavy (non-hydrogen) atoms. The molecule has 6 heteroatoms. The van der Waals surface area contributed by atoms with E-state index in [1.54, 1.807) is 0 Å². The zero-order valence-corrected chi connectivity index (χ0v) is 20.9. The van der Waals surface area contributed by atoms with Crippen molar-refractivity contribution in [1.29, 1.82) is 0 Å². The number of amides is 2. The fourth-order valence-corrected chi connectivity index (χ4v) is 4.49. The van der Waals surface area contributed by atoms with Crippen LogP contribution in [0, 0.1) is 0 Å². The summed E-state index contributed by atoms with van der Waals surface area (Å²) in [6.45, 7) is 8.94. The average Bonchev–Trinajstić information content (AvgIpc) is 2.82. The van der Waals surface area contributed by atoms with E-state index in [0.29, 0.717) is 19.5 Å². The maximum atomic E-state index is 13.2. The molecule has 0 spiro atoms. The zero-order chi connectivity index (χ0) is 24.6. The molecule has 0 bridgehead atoms. The average molecular weight is 467 g/mol. The van der Waals surface area contributed by atoms with Gasteiger partial charge < -0.3 is 19.3 Å². The zero-order valence-electron chi connectivity index (χ0n) is 20.9. The molecule has 0 saturated heterocycles. The molecule has 6 nitrogen and oxygen atoms in total. The first-order valence-electron chi connectivity index (χ1n) is 12.3. The molecule has 2 amide bonds. The summed E-state index contributed by atoms with van der Waals surface area (Å²) in [4.78, 5) is 29.8. The smallest absolute Gasteiger partial charge is 0.410 e. The quantitative estimate of drug-likeness (QED) is 0.474. The van der Waals surface area contributed by atoms with Crippen LogP contribution in [0.3, 0.4) is 0 Å². The third-order valence-electron chi connectivity index (χ3n) is 6.10. The van der Waals surface area contributed by atoms with Gasteiger partial charge in [-0.2, -0.15) is 0 Å². The molecule has 1 aliphatic rings. The van der Waals surface area contributed by atoms with Crippen LogP contribution in [0.15, 0.2) is 60.7 Å². The van der Waals surface area contributed by atoms with E-state index in [4.69, 9.17) is 9.47 Å². The Labute approximate surface area is 203 Å². The van der Waals surface area contributed by atoms with Crippen LogP contribution in [0.1, 0.15) is 64.5 Å². The van der Waals surface area contributed by atoms with Gasteiger partial charge in [-0.1, -0.05) is 60.7 Å². The van der Waals surface area contributed by atoms with Gasteiger partial charge in [0, 0.05) is 25.2 Å². The molecule has 0 N–H and O–H groups in total. The second-order valence-corrected chi connectivity index (χ2v) is 9.89. The fourth-order valence-electron chi connectivity index (χ4n) is 4.49. The highest BCUT2D eigenvalue weighted by molar-refractivity contribution is 5.69. The first-order valence-corrected chi connectivity index (χ1v) is 12.3. The minimum absolute atomic E-state index is 0.00946. The van der Waals surface area contributed by atoms with Gasteiger partial charge in [-0.15, -0.1) is 0 Å². The van der Waals surface area contributed by atoms with Crippen LogP contribution < -0.4 is 0 Å². The van der Waals surface area contributed by atoms with Crippen LogP contribution in [-0.2, 0) is 22.6 Å².